The van der Waals surface area contributed by atoms with Crippen molar-refractivity contribution in [3.63, 3.8) is 0 Å². The monoisotopic (exact) mass is 308 g/mol. The van der Waals surface area contributed by atoms with Gasteiger partial charge in [-0.05, 0) is 37.1 Å². The molecule has 1 aromatic rings. The lowest BCUT2D eigenvalue weighted by Crippen LogP contribution is -2.38. The number of thioether (sulfide) groups is 1. The predicted octanol–water partition coefficient (Wildman–Crippen LogP) is 3.32. The average molecular weight is 308 g/mol. The fraction of sp³-hybridized carbons (Fsp3) is 0.467. The zero-order valence-corrected chi connectivity index (χ0v) is 12.6. The van der Waals surface area contributed by atoms with Crippen LogP contribution in [0.4, 0.5) is 10.5 Å². The molecule has 0 bridgehead atoms. The maximum absolute atomic E-state index is 11.9. The van der Waals surface area contributed by atoms with Gasteiger partial charge in [0.15, 0.2) is 0 Å². The maximum atomic E-state index is 11.9. The molecule has 21 heavy (non-hydrogen) atoms. The molecular weight excluding hydrogens is 288 g/mol. The molecule has 0 atom stereocenters. The SMILES string of the molecule is O=C(O)CSc1ccc(NC(=O)NC2CCCCC2)cc1. The summed E-state index contributed by atoms with van der Waals surface area (Å²) in [6.45, 7) is 0. The van der Waals surface area contributed by atoms with Gasteiger partial charge in [-0.1, -0.05) is 19.3 Å². The Bertz CT molecular complexity index is 484. The van der Waals surface area contributed by atoms with Crippen LogP contribution in [0.5, 0.6) is 0 Å². The summed E-state index contributed by atoms with van der Waals surface area (Å²) in [6, 6.07) is 7.29. The van der Waals surface area contributed by atoms with E-state index in [4.69, 9.17) is 5.11 Å². The number of carbonyl (C=O) groups is 2. The van der Waals surface area contributed by atoms with Crippen LogP contribution in [-0.2, 0) is 4.79 Å². The van der Waals surface area contributed by atoms with Crippen molar-refractivity contribution in [3.05, 3.63) is 24.3 Å². The quantitative estimate of drug-likeness (QED) is 0.729. The van der Waals surface area contributed by atoms with Gasteiger partial charge in [0.2, 0.25) is 0 Å². The van der Waals surface area contributed by atoms with E-state index >= 15 is 0 Å². The number of hydrogen-bond acceptors (Lipinski definition) is 3. The zero-order valence-electron chi connectivity index (χ0n) is 11.8. The van der Waals surface area contributed by atoms with Crippen molar-refractivity contribution in [1.82, 2.24) is 5.32 Å². The normalized spacial score (nSPS) is 15.4. The first kappa shape index (κ1) is 15.7. The van der Waals surface area contributed by atoms with Crippen LogP contribution in [0.1, 0.15) is 32.1 Å². The number of carboxylic acid groups (broad SMARTS) is 1. The van der Waals surface area contributed by atoms with Gasteiger partial charge in [-0.15, -0.1) is 11.8 Å². The Labute approximate surface area is 128 Å². The third-order valence-corrected chi connectivity index (χ3v) is 4.41. The Hall–Kier alpha value is -1.69. The Morgan fingerprint density at radius 1 is 1.14 bits per heavy atom. The van der Waals surface area contributed by atoms with E-state index in [2.05, 4.69) is 10.6 Å². The minimum atomic E-state index is -0.839. The van der Waals surface area contributed by atoms with E-state index in [-0.39, 0.29) is 17.8 Å². The molecule has 1 fully saturated rings. The van der Waals surface area contributed by atoms with Crippen molar-refractivity contribution in [2.24, 2.45) is 0 Å². The molecule has 0 aliphatic heterocycles. The van der Waals surface area contributed by atoms with Gasteiger partial charge in [0.1, 0.15) is 0 Å². The first-order chi connectivity index (χ1) is 10.1. The average Bonchev–Trinajstić information content (AvgIpc) is 2.47. The van der Waals surface area contributed by atoms with Gasteiger partial charge in [-0.25, -0.2) is 4.79 Å². The second-order valence-corrected chi connectivity index (χ2v) is 6.19. The third kappa shape index (κ3) is 5.67. The van der Waals surface area contributed by atoms with E-state index < -0.39 is 5.97 Å². The van der Waals surface area contributed by atoms with Gasteiger partial charge in [0.25, 0.3) is 0 Å². The van der Waals surface area contributed by atoms with E-state index in [0.717, 1.165) is 17.7 Å². The molecule has 5 nitrogen and oxygen atoms in total. The highest BCUT2D eigenvalue weighted by Gasteiger charge is 2.15. The second kappa shape index (κ2) is 7.93. The van der Waals surface area contributed by atoms with E-state index in [0.29, 0.717) is 5.69 Å². The standard InChI is InChI=1S/C15H20N2O3S/c18-14(19)10-21-13-8-6-12(7-9-13)17-15(20)16-11-4-2-1-3-5-11/h6-9,11H,1-5,10H2,(H,18,19)(H2,16,17,20). The smallest absolute Gasteiger partial charge is 0.319 e. The number of carboxylic acids is 1. The van der Waals surface area contributed by atoms with Crippen molar-refractivity contribution in [2.45, 2.75) is 43.0 Å². The lowest BCUT2D eigenvalue weighted by Gasteiger charge is -2.22. The molecule has 0 heterocycles. The molecule has 1 aromatic carbocycles. The van der Waals surface area contributed by atoms with E-state index in [1.807, 2.05) is 12.1 Å². The number of rotatable bonds is 5. The maximum Gasteiger partial charge on any atom is 0.319 e. The van der Waals surface area contributed by atoms with Gasteiger partial charge in [-0.3, -0.25) is 4.79 Å². The van der Waals surface area contributed by atoms with Gasteiger partial charge in [0.05, 0.1) is 5.75 Å². The minimum Gasteiger partial charge on any atom is -0.481 e. The summed E-state index contributed by atoms with van der Waals surface area (Å²) in [5, 5.41) is 14.4. The van der Waals surface area contributed by atoms with Crippen LogP contribution in [0.3, 0.4) is 0 Å². The molecule has 3 N–H and O–H groups in total. The molecule has 0 spiro atoms. The summed E-state index contributed by atoms with van der Waals surface area (Å²) >= 11 is 1.26. The second-order valence-electron chi connectivity index (χ2n) is 5.14. The number of nitrogens with one attached hydrogen (secondary N) is 2. The highest BCUT2D eigenvalue weighted by atomic mass is 32.2. The Kier molecular flexibility index (Phi) is 5.92. The predicted molar refractivity (Wildman–Crippen MR) is 83.8 cm³/mol. The molecule has 2 amide bonds. The Morgan fingerprint density at radius 3 is 2.43 bits per heavy atom. The summed E-state index contributed by atoms with van der Waals surface area (Å²) in [5.74, 6) is -0.802. The largest absolute Gasteiger partial charge is 0.481 e. The summed E-state index contributed by atoms with van der Waals surface area (Å²) in [4.78, 5) is 23.2. The molecule has 1 saturated carbocycles. The summed E-state index contributed by atoms with van der Waals surface area (Å²) in [5.41, 5.74) is 0.711. The fourth-order valence-electron chi connectivity index (χ4n) is 2.38. The summed E-state index contributed by atoms with van der Waals surface area (Å²) < 4.78 is 0. The lowest BCUT2D eigenvalue weighted by atomic mass is 9.96. The fourth-order valence-corrected chi connectivity index (χ4v) is 3.00. The number of urea groups is 1. The molecule has 0 radical (unpaired) electrons. The molecule has 0 saturated heterocycles. The van der Waals surface area contributed by atoms with E-state index in [9.17, 15) is 9.59 Å². The van der Waals surface area contributed by atoms with Crippen molar-refractivity contribution < 1.29 is 14.7 Å². The van der Waals surface area contributed by atoms with Crippen LogP contribution in [0.25, 0.3) is 0 Å². The summed E-state index contributed by atoms with van der Waals surface area (Å²) in [7, 11) is 0. The number of anilines is 1. The van der Waals surface area contributed by atoms with Gasteiger partial charge < -0.3 is 15.7 Å². The van der Waals surface area contributed by atoms with Crippen LogP contribution in [-0.4, -0.2) is 28.9 Å². The number of amides is 2. The first-order valence-electron chi connectivity index (χ1n) is 7.15. The van der Waals surface area contributed by atoms with Crippen molar-refractivity contribution in [1.29, 1.82) is 0 Å². The minimum absolute atomic E-state index is 0.0366. The highest BCUT2D eigenvalue weighted by Crippen LogP contribution is 2.20. The van der Waals surface area contributed by atoms with Crippen molar-refractivity contribution in [3.8, 4) is 0 Å². The van der Waals surface area contributed by atoms with Gasteiger partial charge >= 0.3 is 12.0 Å². The highest BCUT2D eigenvalue weighted by molar-refractivity contribution is 8.00. The lowest BCUT2D eigenvalue weighted by molar-refractivity contribution is -0.133. The van der Waals surface area contributed by atoms with Crippen LogP contribution in [0.2, 0.25) is 0 Å². The molecule has 1 aliphatic carbocycles. The van der Waals surface area contributed by atoms with Crippen LogP contribution >= 0.6 is 11.8 Å². The van der Waals surface area contributed by atoms with Crippen LogP contribution < -0.4 is 10.6 Å². The van der Waals surface area contributed by atoms with Crippen molar-refractivity contribution >= 4 is 29.4 Å². The number of hydrogen-bond donors (Lipinski definition) is 3. The number of benzene rings is 1. The molecule has 0 aromatic heterocycles. The molecule has 0 unspecified atom stereocenters. The van der Waals surface area contributed by atoms with Gasteiger partial charge in [-0.2, -0.15) is 0 Å². The molecule has 114 valence electrons. The summed E-state index contributed by atoms with van der Waals surface area (Å²) in [6.07, 6.45) is 5.73. The van der Waals surface area contributed by atoms with Crippen LogP contribution in [0.15, 0.2) is 29.2 Å². The topological polar surface area (TPSA) is 78.4 Å². The van der Waals surface area contributed by atoms with Gasteiger partial charge in [0, 0.05) is 16.6 Å². The zero-order chi connectivity index (χ0) is 15.1. The van der Waals surface area contributed by atoms with E-state index in [1.54, 1.807) is 12.1 Å². The Morgan fingerprint density at radius 2 is 1.81 bits per heavy atom. The Balaban J connectivity index is 1.79. The molecular formula is C15H20N2O3S. The van der Waals surface area contributed by atoms with Crippen LogP contribution in [0, 0.1) is 0 Å². The van der Waals surface area contributed by atoms with Crippen molar-refractivity contribution in [2.75, 3.05) is 11.1 Å². The molecule has 2 rings (SSSR count). The van der Waals surface area contributed by atoms with E-state index in [1.165, 1.54) is 31.0 Å². The number of carbonyl (C=O) groups excluding carboxylic acids is 1. The number of aliphatic carboxylic acids is 1. The molecule has 6 heteroatoms. The first-order valence-corrected chi connectivity index (χ1v) is 8.14. The molecule has 1 aliphatic rings. The third-order valence-electron chi connectivity index (χ3n) is 3.41.